The molecule has 1 unspecified atom stereocenters. The Morgan fingerprint density at radius 1 is 0.806 bits per heavy atom. The first-order chi connectivity index (χ1) is 14.7. The van der Waals surface area contributed by atoms with E-state index in [0.717, 1.165) is 12.1 Å². The van der Waals surface area contributed by atoms with Crippen LogP contribution in [0.4, 0.5) is 8.78 Å². The van der Waals surface area contributed by atoms with Crippen molar-refractivity contribution in [3.05, 3.63) is 71.3 Å². The summed E-state index contributed by atoms with van der Waals surface area (Å²) in [5.41, 5.74) is 0.570. The molecule has 0 aliphatic carbocycles. The van der Waals surface area contributed by atoms with Crippen LogP contribution < -0.4 is 0 Å². The minimum Gasteiger partial charge on any atom is -0.466 e. The topological polar surface area (TPSA) is 86.7 Å². The fourth-order valence-electron chi connectivity index (χ4n) is 2.16. The van der Waals surface area contributed by atoms with Crippen molar-refractivity contribution < 1.29 is 37.4 Å². The molecule has 0 saturated carbocycles. The molecule has 2 rings (SSSR count). The van der Waals surface area contributed by atoms with Crippen LogP contribution in [0, 0.1) is 11.6 Å². The first kappa shape index (κ1) is 26.1. The number of Topliss-reactive ketones (excluding diaryl/α,β-unsaturated/α-hetero) is 2. The Kier molecular flexibility index (Phi) is 11.3. The number of hydrogen-bond donors (Lipinski definition) is 0. The molecule has 0 aromatic heterocycles. The second-order valence-corrected chi connectivity index (χ2v) is 6.81. The van der Waals surface area contributed by atoms with Crippen molar-refractivity contribution in [1.29, 1.82) is 0 Å². The standard InChI is InChI=1S/C11H10BrFO3.C11H11FO3/c1-2-16-11(15)9(12)10(14)7-3-5-8(13)6-4-7;1-2-15-11(14)7-10(13)8-3-5-9(12)6-4-8/h3-6,9H,2H2,1H3;3-6H,2,7H2,1H3. The molecule has 2 aromatic rings. The lowest BCUT2D eigenvalue weighted by atomic mass is 10.1. The van der Waals surface area contributed by atoms with Gasteiger partial charge in [-0.2, -0.15) is 0 Å². The van der Waals surface area contributed by atoms with Gasteiger partial charge in [0.2, 0.25) is 0 Å². The van der Waals surface area contributed by atoms with Gasteiger partial charge in [0.15, 0.2) is 16.4 Å². The van der Waals surface area contributed by atoms with Crippen LogP contribution in [0.5, 0.6) is 0 Å². The Morgan fingerprint density at radius 2 is 1.26 bits per heavy atom. The molecule has 9 heteroatoms. The summed E-state index contributed by atoms with van der Waals surface area (Å²) in [6.45, 7) is 3.77. The van der Waals surface area contributed by atoms with Gasteiger partial charge in [-0.25, -0.2) is 8.78 Å². The maximum atomic E-state index is 12.6. The lowest BCUT2D eigenvalue weighted by Gasteiger charge is -2.07. The van der Waals surface area contributed by atoms with Crippen LogP contribution in [0.2, 0.25) is 0 Å². The molecule has 0 saturated heterocycles. The van der Waals surface area contributed by atoms with Gasteiger partial charge in [0.25, 0.3) is 0 Å². The van der Waals surface area contributed by atoms with E-state index in [0.29, 0.717) is 5.56 Å². The number of alkyl halides is 1. The summed E-state index contributed by atoms with van der Waals surface area (Å²) in [7, 11) is 0. The fraction of sp³-hybridized carbons (Fsp3) is 0.273. The summed E-state index contributed by atoms with van der Waals surface area (Å²) in [4.78, 5) is 44.3. The van der Waals surface area contributed by atoms with Crippen LogP contribution in [0.3, 0.4) is 0 Å². The third-order valence-electron chi connectivity index (χ3n) is 3.63. The van der Waals surface area contributed by atoms with Crippen molar-refractivity contribution in [2.45, 2.75) is 25.1 Å². The van der Waals surface area contributed by atoms with E-state index in [1.165, 1.54) is 36.4 Å². The summed E-state index contributed by atoms with van der Waals surface area (Å²) in [6.07, 6.45) is -0.306. The average Bonchev–Trinajstić information content (AvgIpc) is 2.74. The zero-order chi connectivity index (χ0) is 23.4. The van der Waals surface area contributed by atoms with Crippen molar-refractivity contribution in [1.82, 2.24) is 0 Å². The largest absolute Gasteiger partial charge is 0.466 e. The van der Waals surface area contributed by atoms with Gasteiger partial charge in [0.05, 0.1) is 13.2 Å². The van der Waals surface area contributed by atoms with Crippen LogP contribution in [-0.4, -0.2) is 41.5 Å². The molecule has 0 bridgehead atoms. The summed E-state index contributed by atoms with van der Waals surface area (Å²) >= 11 is 2.95. The molecule has 31 heavy (non-hydrogen) atoms. The predicted octanol–water partition coefficient (Wildman–Crippen LogP) is 4.30. The first-order valence-electron chi connectivity index (χ1n) is 9.24. The first-order valence-corrected chi connectivity index (χ1v) is 10.2. The van der Waals surface area contributed by atoms with Crippen LogP contribution in [0.25, 0.3) is 0 Å². The van der Waals surface area contributed by atoms with Gasteiger partial charge in [0.1, 0.15) is 18.1 Å². The van der Waals surface area contributed by atoms with Crippen LogP contribution in [0.1, 0.15) is 41.0 Å². The summed E-state index contributed by atoms with van der Waals surface area (Å²) in [6, 6.07) is 10.0. The zero-order valence-electron chi connectivity index (χ0n) is 16.9. The van der Waals surface area contributed by atoms with Gasteiger partial charge < -0.3 is 9.47 Å². The van der Waals surface area contributed by atoms with Crippen LogP contribution in [0.15, 0.2) is 48.5 Å². The molecular weight excluding hydrogens is 478 g/mol. The highest BCUT2D eigenvalue weighted by Crippen LogP contribution is 2.13. The Hall–Kier alpha value is -2.94. The minimum atomic E-state index is -1.04. The predicted molar refractivity (Wildman–Crippen MR) is 112 cm³/mol. The van der Waals surface area contributed by atoms with Crippen LogP contribution >= 0.6 is 15.9 Å². The molecule has 0 aliphatic rings. The molecule has 0 aliphatic heterocycles. The summed E-state index contributed by atoms with van der Waals surface area (Å²) < 4.78 is 34.5. The van der Waals surface area contributed by atoms with Crippen molar-refractivity contribution in [3.8, 4) is 0 Å². The average molecular weight is 499 g/mol. The zero-order valence-corrected chi connectivity index (χ0v) is 18.5. The van der Waals surface area contributed by atoms with E-state index in [2.05, 4.69) is 25.4 Å². The highest BCUT2D eigenvalue weighted by molar-refractivity contribution is 9.10. The highest BCUT2D eigenvalue weighted by Gasteiger charge is 2.25. The van der Waals surface area contributed by atoms with E-state index >= 15 is 0 Å². The Labute approximate surface area is 186 Å². The van der Waals surface area contributed by atoms with Gasteiger partial charge in [-0.15, -0.1) is 0 Å². The van der Waals surface area contributed by atoms with Gasteiger partial charge >= 0.3 is 11.9 Å². The smallest absolute Gasteiger partial charge is 0.327 e. The molecule has 0 heterocycles. The molecule has 166 valence electrons. The molecule has 6 nitrogen and oxygen atoms in total. The molecule has 0 spiro atoms. The third kappa shape index (κ3) is 9.17. The van der Waals surface area contributed by atoms with Gasteiger partial charge in [-0.3, -0.25) is 19.2 Å². The number of carbonyl (C=O) groups excluding carboxylic acids is 4. The second-order valence-electron chi connectivity index (χ2n) is 5.90. The number of ether oxygens (including phenoxy) is 2. The fourth-order valence-corrected chi connectivity index (χ4v) is 2.56. The Bertz CT molecular complexity index is 897. The molecule has 2 aromatic carbocycles. The number of carbonyl (C=O) groups is 4. The Morgan fingerprint density at radius 3 is 1.71 bits per heavy atom. The lowest BCUT2D eigenvalue weighted by Crippen LogP contribution is -2.26. The summed E-state index contributed by atoms with van der Waals surface area (Å²) in [5.74, 6) is -2.86. The van der Waals surface area contributed by atoms with Crippen molar-refractivity contribution in [2.75, 3.05) is 13.2 Å². The molecule has 0 radical (unpaired) electrons. The molecule has 0 N–H and O–H groups in total. The number of rotatable bonds is 8. The van der Waals surface area contributed by atoms with E-state index < -0.39 is 34.2 Å². The maximum Gasteiger partial charge on any atom is 0.327 e. The number of esters is 2. The number of benzene rings is 2. The SMILES string of the molecule is CCOC(=O)C(Br)C(=O)c1ccc(F)cc1.CCOC(=O)CC(=O)c1ccc(F)cc1. The Balaban J connectivity index is 0.000000311. The summed E-state index contributed by atoms with van der Waals surface area (Å²) in [5, 5.41) is 0. The third-order valence-corrected chi connectivity index (χ3v) is 4.42. The lowest BCUT2D eigenvalue weighted by molar-refractivity contribution is -0.142. The van der Waals surface area contributed by atoms with Crippen LogP contribution in [-0.2, 0) is 19.1 Å². The van der Waals surface area contributed by atoms with Gasteiger partial charge in [-0.05, 0) is 62.4 Å². The van der Waals surface area contributed by atoms with Crippen molar-refractivity contribution >= 4 is 39.4 Å². The molecule has 1 atom stereocenters. The number of hydrogen-bond acceptors (Lipinski definition) is 6. The van der Waals surface area contributed by atoms with Gasteiger partial charge in [-0.1, -0.05) is 15.9 Å². The number of halogens is 3. The normalized spacial score (nSPS) is 10.9. The monoisotopic (exact) mass is 498 g/mol. The van der Waals surface area contributed by atoms with Crippen molar-refractivity contribution in [2.24, 2.45) is 0 Å². The molecular formula is C22H21BrF2O6. The highest BCUT2D eigenvalue weighted by atomic mass is 79.9. The van der Waals surface area contributed by atoms with Gasteiger partial charge in [0, 0.05) is 11.1 Å². The molecule has 0 fully saturated rings. The molecule has 0 amide bonds. The van der Waals surface area contributed by atoms with E-state index in [1.54, 1.807) is 13.8 Å². The van der Waals surface area contributed by atoms with E-state index in [1.807, 2.05) is 0 Å². The van der Waals surface area contributed by atoms with E-state index in [4.69, 9.17) is 0 Å². The van der Waals surface area contributed by atoms with Crippen molar-refractivity contribution in [3.63, 3.8) is 0 Å². The van der Waals surface area contributed by atoms with E-state index in [9.17, 15) is 28.0 Å². The second kappa shape index (κ2) is 13.4. The number of ketones is 2. The maximum absolute atomic E-state index is 12.6. The van der Waals surface area contributed by atoms with E-state index in [-0.39, 0.29) is 31.0 Å². The minimum absolute atomic E-state index is 0.206. The quantitative estimate of drug-likeness (QED) is 0.233.